The molecule has 0 amide bonds. The zero-order valence-corrected chi connectivity index (χ0v) is 21.7. The van der Waals surface area contributed by atoms with Gasteiger partial charge in [-0.25, -0.2) is 0 Å². The number of hydrogen-bond donors (Lipinski definition) is 0. The van der Waals surface area contributed by atoms with Crippen LogP contribution in [-0.4, -0.2) is 39.9 Å². The molecule has 4 aromatic rings. The van der Waals surface area contributed by atoms with E-state index in [-0.39, 0.29) is 23.9 Å². The Morgan fingerprint density at radius 2 is 1.82 bits per heavy atom. The number of tetrazole rings is 1. The number of aromatic nitrogens is 4. The van der Waals surface area contributed by atoms with E-state index in [0.717, 1.165) is 17.2 Å². The van der Waals surface area contributed by atoms with E-state index in [1.54, 1.807) is 43.4 Å². The molecule has 2 heterocycles. The molecule has 0 saturated carbocycles. The molecule has 0 radical (unpaired) electrons. The largest absolute Gasteiger partial charge is 0.492 e. The minimum atomic E-state index is -4.52. The van der Waals surface area contributed by atoms with E-state index in [1.165, 1.54) is 18.0 Å². The van der Waals surface area contributed by atoms with Crippen molar-refractivity contribution in [1.82, 2.24) is 20.2 Å². The lowest BCUT2D eigenvalue weighted by Crippen LogP contribution is -2.10. The maximum Gasteiger partial charge on any atom is 0.417 e. The van der Waals surface area contributed by atoms with Crippen molar-refractivity contribution >= 4 is 5.97 Å². The third-order valence-electron chi connectivity index (χ3n) is 7.38. The van der Waals surface area contributed by atoms with Crippen molar-refractivity contribution in [3.63, 3.8) is 0 Å². The summed E-state index contributed by atoms with van der Waals surface area (Å²) >= 11 is 0. The van der Waals surface area contributed by atoms with E-state index in [1.807, 2.05) is 6.07 Å². The highest BCUT2D eigenvalue weighted by Gasteiger charge is 2.38. The smallest absolute Gasteiger partial charge is 0.417 e. The Kier molecular flexibility index (Phi) is 6.44. The molecule has 0 saturated heterocycles. The van der Waals surface area contributed by atoms with Gasteiger partial charge < -0.3 is 14.2 Å². The average Bonchev–Trinajstić information content (AvgIpc) is 3.66. The Hall–Kier alpha value is -4.41. The van der Waals surface area contributed by atoms with Gasteiger partial charge >= 0.3 is 12.1 Å². The molecular weight excluding hydrogens is 525 g/mol. The highest BCUT2D eigenvalue weighted by molar-refractivity contribution is 5.76. The van der Waals surface area contributed by atoms with Crippen LogP contribution in [-0.2, 0) is 29.2 Å². The van der Waals surface area contributed by atoms with Gasteiger partial charge in [-0.15, -0.1) is 10.2 Å². The number of nitrogens with zero attached hydrogens (tertiary/aromatic N) is 4. The summed E-state index contributed by atoms with van der Waals surface area (Å²) in [4.78, 5) is 13.0. The number of fused-ring (bicyclic) bond motifs is 2. The van der Waals surface area contributed by atoms with Gasteiger partial charge in [0.25, 0.3) is 0 Å². The highest BCUT2D eigenvalue weighted by atomic mass is 19.4. The summed E-state index contributed by atoms with van der Waals surface area (Å²) in [6.45, 7) is 0.370. The van der Waals surface area contributed by atoms with Crippen LogP contribution in [0.5, 0.6) is 11.5 Å². The van der Waals surface area contributed by atoms with Gasteiger partial charge in [-0.3, -0.25) is 4.79 Å². The van der Waals surface area contributed by atoms with Gasteiger partial charge in [0.15, 0.2) is 0 Å². The van der Waals surface area contributed by atoms with Crippen molar-refractivity contribution in [3.8, 4) is 34.0 Å². The van der Waals surface area contributed by atoms with Gasteiger partial charge in [0.1, 0.15) is 17.6 Å². The highest BCUT2D eigenvalue weighted by Crippen LogP contribution is 2.47. The molecule has 6 rings (SSSR count). The van der Waals surface area contributed by atoms with E-state index in [2.05, 4.69) is 15.4 Å². The van der Waals surface area contributed by atoms with Crippen LogP contribution in [0, 0.1) is 0 Å². The van der Waals surface area contributed by atoms with Crippen molar-refractivity contribution < 1.29 is 32.2 Å². The molecule has 1 aliphatic carbocycles. The van der Waals surface area contributed by atoms with E-state index >= 15 is 0 Å². The summed E-state index contributed by atoms with van der Waals surface area (Å²) in [6, 6.07) is 14.8. The predicted octanol–water partition coefficient (Wildman–Crippen LogP) is 5.67. The molecule has 3 aromatic carbocycles. The van der Waals surface area contributed by atoms with Crippen LogP contribution in [0.25, 0.3) is 22.5 Å². The van der Waals surface area contributed by atoms with Gasteiger partial charge in [-0.2, -0.15) is 18.0 Å². The van der Waals surface area contributed by atoms with Gasteiger partial charge in [0.2, 0.25) is 5.82 Å². The molecule has 0 bridgehead atoms. The Balaban J connectivity index is 1.30. The predicted molar refractivity (Wildman–Crippen MR) is 138 cm³/mol. The van der Waals surface area contributed by atoms with Gasteiger partial charge in [0.05, 0.1) is 32.7 Å². The van der Waals surface area contributed by atoms with Crippen LogP contribution in [0.2, 0.25) is 0 Å². The first-order valence-electron chi connectivity index (χ1n) is 12.8. The third-order valence-corrected chi connectivity index (χ3v) is 7.38. The molecule has 40 heavy (non-hydrogen) atoms. The number of halogens is 3. The third kappa shape index (κ3) is 4.76. The summed E-state index contributed by atoms with van der Waals surface area (Å²) in [6.07, 6.45) is -3.74. The Bertz CT molecular complexity index is 1580. The summed E-state index contributed by atoms with van der Waals surface area (Å²) < 4.78 is 59.3. The molecule has 206 valence electrons. The number of benzene rings is 3. The molecule has 0 spiro atoms. The molecule has 0 N–H and O–H groups in total. The minimum Gasteiger partial charge on any atom is -0.492 e. The molecule has 2 unspecified atom stereocenters. The SMILES string of the molecule is COC(=O)CC1COc2cc(OC3CCc4c3ccc(C(F)(F)F)c4-c3ccc(-c4nnn(C)n4)cc3)ccc21. The molecule has 0 fully saturated rings. The quantitative estimate of drug-likeness (QED) is 0.286. The lowest BCUT2D eigenvalue weighted by atomic mass is 9.91. The monoisotopic (exact) mass is 550 g/mol. The molecular formula is C29H25F3N4O4. The van der Waals surface area contributed by atoms with E-state index in [0.29, 0.717) is 53.5 Å². The van der Waals surface area contributed by atoms with Crippen LogP contribution in [0.1, 0.15) is 47.1 Å². The second-order valence-electron chi connectivity index (χ2n) is 9.87. The number of carbonyl (C=O) groups is 1. The second kappa shape index (κ2) is 9.96. The summed E-state index contributed by atoms with van der Waals surface area (Å²) in [5.41, 5.74) is 2.86. The van der Waals surface area contributed by atoms with Crippen molar-refractivity contribution in [3.05, 3.63) is 76.9 Å². The van der Waals surface area contributed by atoms with E-state index < -0.39 is 17.8 Å². The maximum atomic E-state index is 14.1. The lowest BCUT2D eigenvalue weighted by Gasteiger charge is -2.20. The molecule has 2 atom stereocenters. The topological polar surface area (TPSA) is 88.4 Å². The van der Waals surface area contributed by atoms with Crippen LogP contribution in [0.4, 0.5) is 13.2 Å². The van der Waals surface area contributed by atoms with Crippen molar-refractivity contribution in [2.24, 2.45) is 7.05 Å². The molecule has 2 aliphatic rings. The lowest BCUT2D eigenvalue weighted by molar-refractivity contribution is -0.141. The van der Waals surface area contributed by atoms with Gasteiger partial charge in [-0.1, -0.05) is 36.4 Å². The molecule has 1 aromatic heterocycles. The number of alkyl halides is 3. The summed E-state index contributed by atoms with van der Waals surface area (Å²) in [5.74, 6) is 1.18. The number of carbonyl (C=O) groups excluding carboxylic acids is 1. The number of hydrogen-bond acceptors (Lipinski definition) is 7. The Labute approximate surface area is 227 Å². The Morgan fingerprint density at radius 3 is 2.52 bits per heavy atom. The first kappa shape index (κ1) is 25.8. The zero-order chi connectivity index (χ0) is 28.0. The van der Waals surface area contributed by atoms with Crippen molar-refractivity contribution in [2.45, 2.75) is 37.5 Å². The van der Waals surface area contributed by atoms with Crippen molar-refractivity contribution in [2.75, 3.05) is 13.7 Å². The number of rotatable bonds is 6. The second-order valence-corrected chi connectivity index (χ2v) is 9.87. The molecule has 1 aliphatic heterocycles. The van der Waals surface area contributed by atoms with Gasteiger partial charge in [0, 0.05) is 23.1 Å². The fourth-order valence-electron chi connectivity index (χ4n) is 5.49. The first-order valence-corrected chi connectivity index (χ1v) is 12.8. The zero-order valence-electron chi connectivity index (χ0n) is 21.7. The van der Waals surface area contributed by atoms with Crippen LogP contribution >= 0.6 is 0 Å². The van der Waals surface area contributed by atoms with Crippen molar-refractivity contribution in [1.29, 1.82) is 0 Å². The van der Waals surface area contributed by atoms with E-state index in [4.69, 9.17) is 14.2 Å². The number of ether oxygens (including phenoxy) is 3. The molecule has 11 heteroatoms. The van der Waals surface area contributed by atoms with E-state index in [9.17, 15) is 18.0 Å². The Morgan fingerprint density at radius 1 is 1.07 bits per heavy atom. The number of methoxy groups -OCH3 is 1. The minimum absolute atomic E-state index is 0.0943. The normalized spacial score (nSPS) is 17.7. The molecule has 8 nitrogen and oxygen atoms in total. The first-order chi connectivity index (χ1) is 19.2. The standard InChI is InChI=1S/C29H25F3N4O4/c1-36-34-28(33-35-36)17-5-3-16(4-6-17)27-22-10-12-24(21(22)9-11-23(27)29(30,31)32)40-19-7-8-20-18(13-26(37)38-2)15-39-25(20)14-19/h3-9,11,14,18,24H,10,12-13,15H2,1-2H3. The van der Waals surface area contributed by atoms with Crippen LogP contribution < -0.4 is 9.47 Å². The number of aryl methyl sites for hydroxylation is 1. The fourth-order valence-corrected chi connectivity index (χ4v) is 5.49. The van der Waals surface area contributed by atoms with Crippen LogP contribution in [0.3, 0.4) is 0 Å². The average molecular weight is 551 g/mol. The summed E-state index contributed by atoms with van der Waals surface area (Å²) in [7, 11) is 2.99. The maximum absolute atomic E-state index is 14.1. The van der Waals surface area contributed by atoms with Gasteiger partial charge in [-0.05, 0) is 52.4 Å². The van der Waals surface area contributed by atoms with Crippen LogP contribution in [0.15, 0.2) is 54.6 Å². The fraction of sp³-hybridized carbons (Fsp3) is 0.310. The number of esters is 1. The summed E-state index contributed by atoms with van der Waals surface area (Å²) in [5, 5.41) is 11.9.